The van der Waals surface area contributed by atoms with E-state index in [0.29, 0.717) is 18.2 Å². The number of aliphatic hydroxyl groups is 1. The van der Waals surface area contributed by atoms with Crippen molar-refractivity contribution in [3.63, 3.8) is 0 Å². The highest BCUT2D eigenvalue weighted by atomic mass is 35.5. The summed E-state index contributed by atoms with van der Waals surface area (Å²) in [6.07, 6.45) is 0. The highest BCUT2D eigenvalue weighted by molar-refractivity contribution is 6.32. The van der Waals surface area contributed by atoms with Gasteiger partial charge >= 0.3 is 0 Å². The van der Waals surface area contributed by atoms with Gasteiger partial charge in [0, 0.05) is 6.54 Å². The summed E-state index contributed by atoms with van der Waals surface area (Å²) in [6.45, 7) is 5.55. The molecule has 3 nitrogen and oxygen atoms in total. The van der Waals surface area contributed by atoms with Crippen molar-refractivity contribution < 1.29 is 9.84 Å². The molecule has 4 heteroatoms. The fourth-order valence-electron chi connectivity index (χ4n) is 1.90. The van der Waals surface area contributed by atoms with Crippen molar-refractivity contribution in [3.05, 3.63) is 23.2 Å². The molecule has 1 aliphatic heterocycles. The van der Waals surface area contributed by atoms with Gasteiger partial charge in [-0.2, -0.15) is 0 Å². The molecule has 0 spiro atoms. The maximum atomic E-state index is 9.85. The van der Waals surface area contributed by atoms with Crippen LogP contribution < -0.4 is 9.64 Å². The van der Waals surface area contributed by atoms with Crippen LogP contribution in [-0.2, 0) is 0 Å². The smallest absolute Gasteiger partial charge is 0.161 e. The molecule has 0 bridgehead atoms. The van der Waals surface area contributed by atoms with Crippen LogP contribution in [0.25, 0.3) is 0 Å². The number of fused-ring (bicyclic) bond motifs is 1. The van der Waals surface area contributed by atoms with Gasteiger partial charge in [-0.3, -0.25) is 0 Å². The number of halogens is 1. The fourth-order valence-corrected chi connectivity index (χ4v) is 2.12. The van der Waals surface area contributed by atoms with Crippen LogP contribution >= 0.6 is 11.6 Å². The Hall–Kier alpha value is -0.930. The van der Waals surface area contributed by atoms with Crippen molar-refractivity contribution in [1.82, 2.24) is 0 Å². The number of hydrogen-bond acceptors (Lipinski definition) is 3. The number of para-hydroxylation sites is 1. The summed E-state index contributed by atoms with van der Waals surface area (Å²) < 4.78 is 5.54. The molecule has 0 saturated carbocycles. The van der Waals surface area contributed by atoms with Gasteiger partial charge in [0.05, 0.1) is 22.9 Å². The summed E-state index contributed by atoms with van der Waals surface area (Å²) in [5.74, 6) is 0.722. The molecule has 0 radical (unpaired) electrons. The van der Waals surface area contributed by atoms with E-state index in [-0.39, 0.29) is 0 Å². The Morgan fingerprint density at radius 1 is 1.50 bits per heavy atom. The van der Waals surface area contributed by atoms with E-state index in [1.54, 1.807) is 13.8 Å². The molecule has 1 heterocycles. The minimum atomic E-state index is -0.725. The van der Waals surface area contributed by atoms with Crippen LogP contribution in [0.15, 0.2) is 18.2 Å². The molecule has 1 aromatic carbocycles. The van der Waals surface area contributed by atoms with Crippen molar-refractivity contribution in [2.75, 3.05) is 24.6 Å². The van der Waals surface area contributed by atoms with Gasteiger partial charge in [-0.1, -0.05) is 17.7 Å². The Balaban J connectivity index is 2.30. The second-order valence-electron chi connectivity index (χ2n) is 4.67. The fraction of sp³-hybridized carbons (Fsp3) is 0.500. The number of hydrogen-bond donors (Lipinski definition) is 1. The van der Waals surface area contributed by atoms with E-state index in [1.807, 2.05) is 18.2 Å². The maximum Gasteiger partial charge on any atom is 0.161 e. The molecular formula is C12H16ClNO2. The van der Waals surface area contributed by atoms with E-state index in [0.717, 1.165) is 18.0 Å². The van der Waals surface area contributed by atoms with Crippen LogP contribution in [0.5, 0.6) is 5.75 Å². The number of β-amino-alcohol motifs (C(OH)–C–C–N with tert-alkyl or cyclic N) is 1. The van der Waals surface area contributed by atoms with Crippen molar-refractivity contribution in [1.29, 1.82) is 0 Å². The number of benzene rings is 1. The molecule has 1 N–H and O–H groups in total. The summed E-state index contributed by atoms with van der Waals surface area (Å²) in [4.78, 5) is 2.10. The van der Waals surface area contributed by atoms with Crippen molar-refractivity contribution in [3.8, 4) is 5.75 Å². The standard InChI is InChI=1S/C12H16ClNO2/c1-12(2,15)8-14-6-7-16-11-9(13)4-3-5-10(11)14/h3-5,15H,6-8H2,1-2H3. The zero-order chi connectivity index (χ0) is 11.8. The van der Waals surface area contributed by atoms with Gasteiger partial charge in [0.15, 0.2) is 5.75 Å². The Labute approximate surface area is 101 Å². The topological polar surface area (TPSA) is 32.7 Å². The lowest BCUT2D eigenvalue weighted by Crippen LogP contribution is -2.42. The van der Waals surface area contributed by atoms with Gasteiger partial charge < -0.3 is 14.7 Å². The molecule has 1 aromatic rings. The molecule has 2 rings (SSSR count). The van der Waals surface area contributed by atoms with Crippen LogP contribution in [0.4, 0.5) is 5.69 Å². The average molecular weight is 242 g/mol. The van der Waals surface area contributed by atoms with Crippen molar-refractivity contribution in [2.24, 2.45) is 0 Å². The summed E-state index contributed by atoms with van der Waals surface area (Å²) in [5, 5.41) is 10.5. The molecule has 0 aromatic heterocycles. The maximum absolute atomic E-state index is 9.85. The molecule has 88 valence electrons. The third-order valence-electron chi connectivity index (χ3n) is 2.47. The zero-order valence-corrected chi connectivity index (χ0v) is 10.3. The van der Waals surface area contributed by atoms with Gasteiger partial charge in [0.25, 0.3) is 0 Å². The first kappa shape index (κ1) is 11.6. The van der Waals surface area contributed by atoms with Crippen LogP contribution in [-0.4, -0.2) is 30.4 Å². The SMILES string of the molecule is CC(C)(O)CN1CCOc2c(Cl)cccc21. The molecule has 1 aliphatic rings. The second-order valence-corrected chi connectivity index (χ2v) is 5.08. The van der Waals surface area contributed by atoms with Gasteiger partial charge in [-0.05, 0) is 26.0 Å². The van der Waals surface area contributed by atoms with Crippen LogP contribution in [0.2, 0.25) is 5.02 Å². The minimum absolute atomic E-state index is 0.573. The van der Waals surface area contributed by atoms with E-state index >= 15 is 0 Å². The molecular weight excluding hydrogens is 226 g/mol. The second kappa shape index (κ2) is 4.15. The summed E-state index contributed by atoms with van der Waals surface area (Å²) in [6, 6.07) is 5.67. The Bertz CT molecular complexity index is 387. The Morgan fingerprint density at radius 3 is 2.94 bits per heavy atom. The predicted molar refractivity (Wildman–Crippen MR) is 65.5 cm³/mol. The van der Waals surface area contributed by atoms with E-state index in [2.05, 4.69) is 4.90 Å². The molecule has 0 fully saturated rings. The summed E-state index contributed by atoms with van der Waals surface area (Å²) in [5.41, 5.74) is 0.234. The number of nitrogens with zero attached hydrogens (tertiary/aromatic N) is 1. The third-order valence-corrected chi connectivity index (χ3v) is 2.77. The van der Waals surface area contributed by atoms with Gasteiger partial charge in [0.2, 0.25) is 0 Å². The largest absolute Gasteiger partial charge is 0.488 e. The first-order valence-corrected chi connectivity index (χ1v) is 5.74. The number of anilines is 1. The lowest BCUT2D eigenvalue weighted by molar-refractivity contribution is 0.0855. The summed E-state index contributed by atoms with van der Waals surface area (Å²) in [7, 11) is 0. The quantitative estimate of drug-likeness (QED) is 0.863. The van der Waals surface area contributed by atoms with Crippen LogP contribution in [0.3, 0.4) is 0 Å². The number of rotatable bonds is 2. The molecule has 0 atom stereocenters. The van der Waals surface area contributed by atoms with Crippen molar-refractivity contribution >= 4 is 17.3 Å². The zero-order valence-electron chi connectivity index (χ0n) is 9.53. The molecule has 0 saturated heterocycles. The Kier molecular flexibility index (Phi) is 3.00. The lowest BCUT2D eigenvalue weighted by Gasteiger charge is -2.35. The number of ether oxygens (including phenoxy) is 1. The molecule has 0 amide bonds. The van der Waals surface area contributed by atoms with Crippen molar-refractivity contribution in [2.45, 2.75) is 19.4 Å². The van der Waals surface area contributed by atoms with E-state index < -0.39 is 5.60 Å². The van der Waals surface area contributed by atoms with E-state index in [9.17, 15) is 5.11 Å². The third kappa shape index (κ3) is 2.42. The van der Waals surface area contributed by atoms with Gasteiger partial charge in [0.1, 0.15) is 6.61 Å². The highest BCUT2D eigenvalue weighted by Gasteiger charge is 2.25. The van der Waals surface area contributed by atoms with E-state index in [4.69, 9.17) is 16.3 Å². The van der Waals surface area contributed by atoms with Crippen LogP contribution in [0, 0.1) is 0 Å². The normalized spacial score (nSPS) is 15.6. The first-order valence-electron chi connectivity index (χ1n) is 5.36. The van der Waals surface area contributed by atoms with Gasteiger partial charge in [-0.25, -0.2) is 0 Å². The predicted octanol–water partition coefficient (Wildman–Crippen LogP) is 2.31. The Morgan fingerprint density at radius 2 is 2.25 bits per heavy atom. The minimum Gasteiger partial charge on any atom is -0.488 e. The lowest BCUT2D eigenvalue weighted by atomic mass is 10.1. The highest BCUT2D eigenvalue weighted by Crippen LogP contribution is 2.38. The molecule has 16 heavy (non-hydrogen) atoms. The van der Waals surface area contributed by atoms with Crippen LogP contribution in [0.1, 0.15) is 13.8 Å². The molecule has 0 aliphatic carbocycles. The first-order chi connectivity index (χ1) is 7.47. The summed E-state index contributed by atoms with van der Waals surface area (Å²) >= 11 is 6.06. The monoisotopic (exact) mass is 241 g/mol. The van der Waals surface area contributed by atoms with Gasteiger partial charge in [-0.15, -0.1) is 0 Å². The molecule has 0 unspecified atom stereocenters. The average Bonchev–Trinajstić information content (AvgIpc) is 2.17. The van der Waals surface area contributed by atoms with E-state index in [1.165, 1.54) is 0 Å².